The van der Waals surface area contributed by atoms with E-state index in [1.807, 2.05) is 0 Å². The summed E-state index contributed by atoms with van der Waals surface area (Å²) in [6.07, 6.45) is 0. The normalized spacial score (nSPS) is 13.0. The SMILES string of the molecule is Cc1ccc(-c2ccc(N(c3ccc4c(c3)C(C)(C)c3ccccc3-4)c3cc4ccccc4c4ccccc34)c(-c3ccc(C)cc3)c2)cc1. The summed E-state index contributed by atoms with van der Waals surface area (Å²) < 4.78 is 0. The molecule has 0 heterocycles. The lowest BCUT2D eigenvalue weighted by molar-refractivity contribution is 0.660. The number of aryl methyl sites for hydroxylation is 2. The Morgan fingerprint density at radius 1 is 0.400 bits per heavy atom. The summed E-state index contributed by atoms with van der Waals surface area (Å²) in [4.78, 5) is 2.52. The van der Waals surface area contributed by atoms with E-state index in [0.717, 1.165) is 11.4 Å². The summed E-state index contributed by atoms with van der Waals surface area (Å²) >= 11 is 0. The third-order valence-electron chi connectivity index (χ3n) is 10.8. The van der Waals surface area contributed by atoms with Gasteiger partial charge < -0.3 is 4.90 Å². The zero-order valence-corrected chi connectivity index (χ0v) is 29.0. The predicted molar refractivity (Wildman–Crippen MR) is 214 cm³/mol. The fraction of sp³-hybridized carbons (Fsp3) is 0.102. The van der Waals surface area contributed by atoms with E-state index in [4.69, 9.17) is 0 Å². The van der Waals surface area contributed by atoms with Gasteiger partial charge in [-0.05, 0) is 99.3 Å². The summed E-state index contributed by atoms with van der Waals surface area (Å²) in [5.74, 6) is 0. The maximum atomic E-state index is 2.52. The summed E-state index contributed by atoms with van der Waals surface area (Å²) in [7, 11) is 0. The molecule has 8 aromatic carbocycles. The van der Waals surface area contributed by atoms with Gasteiger partial charge in [-0.1, -0.05) is 158 Å². The largest absolute Gasteiger partial charge is 0.309 e. The van der Waals surface area contributed by atoms with Gasteiger partial charge in [0.05, 0.1) is 11.4 Å². The molecule has 8 aromatic rings. The van der Waals surface area contributed by atoms with Crippen LogP contribution in [0.4, 0.5) is 17.1 Å². The van der Waals surface area contributed by atoms with E-state index in [1.165, 1.54) is 82.9 Å². The van der Waals surface area contributed by atoms with Crippen LogP contribution in [0.15, 0.2) is 164 Å². The Hall–Kier alpha value is -5.92. The van der Waals surface area contributed by atoms with Crippen LogP contribution >= 0.6 is 0 Å². The molecule has 240 valence electrons. The van der Waals surface area contributed by atoms with E-state index in [1.54, 1.807) is 0 Å². The zero-order valence-electron chi connectivity index (χ0n) is 29.0. The minimum Gasteiger partial charge on any atom is -0.309 e. The van der Waals surface area contributed by atoms with E-state index < -0.39 is 0 Å². The number of anilines is 3. The van der Waals surface area contributed by atoms with Crippen molar-refractivity contribution >= 4 is 38.6 Å². The number of benzene rings is 8. The highest BCUT2D eigenvalue weighted by Gasteiger charge is 2.36. The van der Waals surface area contributed by atoms with Crippen LogP contribution in [0, 0.1) is 13.8 Å². The Morgan fingerprint density at radius 2 is 1.00 bits per heavy atom. The molecule has 0 unspecified atom stereocenters. The molecule has 50 heavy (non-hydrogen) atoms. The Bertz CT molecular complexity index is 2570. The van der Waals surface area contributed by atoms with Gasteiger partial charge >= 0.3 is 0 Å². The highest BCUT2D eigenvalue weighted by molar-refractivity contribution is 6.15. The standard InChI is InChI=1S/C49H39N/c1-32-17-21-34(22-18-32)36-25-28-47(44(29-36)35-23-19-33(2)20-24-35)50(48-30-37-11-5-6-12-39(37)40-13-7-8-15-43(40)48)38-26-27-42-41-14-9-10-16-45(41)49(3,4)46(42)31-38/h5-31H,1-4H3. The van der Waals surface area contributed by atoms with Crippen molar-refractivity contribution in [1.82, 2.24) is 0 Å². The van der Waals surface area contributed by atoms with Crippen molar-refractivity contribution in [3.63, 3.8) is 0 Å². The fourth-order valence-electron chi connectivity index (χ4n) is 8.08. The molecule has 0 bridgehead atoms. The molecule has 0 atom stereocenters. The van der Waals surface area contributed by atoms with Crippen LogP contribution in [-0.2, 0) is 5.41 Å². The van der Waals surface area contributed by atoms with Crippen LogP contribution in [0.25, 0.3) is 54.9 Å². The van der Waals surface area contributed by atoms with Crippen molar-refractivity contribution in [3.8, 4) is 33.4 Å². The number of hydrogen-bond donors (Lipinski definition) is 0. The minimum atomic E-state index is -0.117. The quantitative estimate of drug-likeness (QED) is 0.169. The number of fused-ring (bicyclic) bond motifs is 6. The smallest absolute Gasteiger partial charge is 0.0546 e. The number of rotatable bonds is 5. The molecule has 1 nitrogen and oxygen atoms in total. The molecule has 0 saturated carbocycles. The van der Waals surface area contributed by atoms with Gasteiger partial charge in [-0.25, -0.2) is 0 Å². The molecule has 1 aliphatic carbocycles. The van der Waals surface area contributed by atoms with Crippen molar-refractivity contribution in [2.24, 2.45) is 0 Å². The lowest BCUT2D eigenvalue weighted by Gasteiger charge is -2.31. The third-order valence-corrected chi connectivity index (χ3v) is 10.8. The van der Waals surface area contributed by atoms with Crippen LogP contribution in [0.2, 0.25) is 0 Å². The monoisotopic (exact) mass is 641 g/mol. The topological polar surface area (TPSA) is 3.24 Å². The van der Waals surface area contributed by atoms with Crippen LogP contribution in [-0.4, -0.2) is 0 Å². The maximum Gasteiger partial charge on any atom is 0.0546 e. The van der Waals surface area contributed by atoms with E-state index >= 15 is 0 Å². The molecule has 1 aliphatic rings. The van der Waals surface area contributed by atoms with Gasteiger partial charge in [0, 0.05) is 22.1 Å². The van der Waals surface area contributed by atoms with Gasteiger partial charge in [0.25, 0.3) is 0 Å². The van der Waals surface area contributed by atoms with E-state index in [2.05, 4.69) is 196 Å². The van der Waals surface area contributed by atoms with Crippen molar-refractivity contribution in [1.29, 1.82) is 0 Å². The molecule has 9 rings (SSSR count). The molecule has 0 aromatic heterocycles. The average Bonchev–Trinajstić information content (AvgIpc) is 3.38. The second-order valence-corrected chi connectivity index (χ2v) is 14.4. The summed E-state index contributed by atoms with van der Waals surface area (Å²) in [5.41, 5.74) is 16.1. The molecular formula is C49H39N. The summed E-state index contributed by atoms with van der Waals surface area (Å²) in [6.45, 7) is 9.04. The third kappa shape index (κ3) is 4.84. The van der Waals surface area contributed by atoms with Gasteiger partial charge in [-0.3, -0.25) is 0 Å². The van der Waals surface area contributed by atoms with Gasteiger partial charge in [0.1, 0.15) is 0 Å². The van der Waals surface area contributed by atoms with Gasteiger partial charge in [0.2, 0.25) is 0 Å². The van der Waals surface area contributed by atoms with Crippen molar-refractivity contribution in [2.75, 3.05) is 4.90 Å². The Balaban J connectivity index is 1.36. The first-order valence-electron chi connectivity index (χ1n) is 17.6. The molecule has 1 heteroatoms. The fourth-order valence-corrected chi connectivity index (χ4v) is 8.08. The first kappa shape index (κ1) is 30.2. The zero-order chi connectivity index (χ0) is 34.0. The van der Waals surface area contributed by atoms with Crippen molar-refractivity contribution < 1.29 is 0 Å². The van der Waals surface area contributed by atoms with E-state index in [-0.39, 0.29) is 5.41 Å². The van der Waals surface area contributed by atoms with Crippen LogP contribution in [0.3, 0.4) is 0 Å². The van der Waals surface area contributed by atoms with Gasteiger partial charge in [0.15, 0.2) is 0 Å². The van der Waals surface area contributed by atoms with Crippen molar-refractivity contribution in [2.45, 2.75) is 33.1 Å². The Labute approximate surface area is 295 Å². The maximum absolute atomic E-state index is 2.52. The summed E-state index contributed by atoms with van der Waals surface area (Å²) in [6, 6.07) is 60.9. The van der Waals surface area contributed by atoms with Crippen LogP contribution < -0.4 is 4.90 Å². The first-order chi connectivity index (χ1) is 24.4. The Kier molecular flexibility index (Phi) is 7.00. The predicted octanol–water partition coefficient (Wildman–Crippen LogP) is 13.7. The lowest BCUT2D eigenvalue weighted by Crippen LogP contribution is -2.17. The molecule has 0 radical (unpaired) electrons. The molecular weight excluding hydrogens is 603 g/mol. The molecule has 0 spiro atoms. The lowest BCUT2D eigenvalue weighted by atomic mass is 9.82. The van der Waals surface area contributed by atoms with E-state index in [9.17, 15) is 0 Å². The highest BCUT2D eigenvalue weighted by atomic mass is 15.1. The highest BCUT2D eigenvalue weighted by Crippen LogP contribution is 2.52. The second-order valence-electron chi connectivity index (χ2n) is 14.4. The molecule has 0 amide bonds. The minimum absolute atomic E-state index is 0.117. The molecule has 0 fully saturated rings. The van der Waals surface area contributed by atoms with E-state index in [0.29, 0.717) is 0 Å². The second kappa shape index (κ2) is 11.6. The molecule has 0 aliphatic heterocycles. The number of nitrogens with zero attached hydrogens (tertiary/aromatic N) is 1. The number of hydrogen-bond acceptors (Lipinski definition) is 1. The van der Waals surface area contributed by atoms with Crippen LogP contribution in [0.5, 0.6) is 0 Å². The summed E-state index contributed by atoms with van der Waals surface area (Å²) in [5, 5.41) is 4.98. The van der Waals surface area contributed by atoms with Crippen molar-refractivity contribution in [3.05, 3.63) is 186 Å². The molecule has 0 N–H and O–H groups in total. The van der Waals surface area contributed by atoms with Crippen LogP contribution in [0.1, 0.15) is 36.1 Å². The van der Waals surface area contributed by atoms with Gasteiger partial charge in [-0.15, -0.1) is 0 Å². The van der Waals surface area contributed by atoms with Gasteiger partial charge in [-0.2, -0.15) is 0 Å². The average molecular weight is 642 g/mol. The first-order valence-corrected chi connectivity index (χ1v) is 17.6. The Morgan fingerprint density at radius 3 is 1.76 bits per heavy atom. The molecule has 0 saturated heterocycles.